The molecule has 0 bridgehead atoms. The van der Waals surface area contributed by atoms with E-state index in [1.165, 1.54) is 19.3 Å². The van der Waals surface area contributed by atoms with Crippen molar-refractivity contribution in [2.45, 2.75) is 13.8 Å². The number of benzene rings is 2. The first-order valence-corrected chi connectivity index (χ1v) is 8.56. The molecule has 0 fully saturated rings. The van der Waals surface area contributed by atoms with Crippen LogP contribution < -0.4 is 9.47 Å². The average molecular weight is 404 g/mol. The van der Waals surface area contributed by atoms with Crippen LogP contribution in [0.4, 0.5) is 0 Å². The minimum absolute atomic E-state index is 0.0759. The molecular formula is C21H24O8. The summed E-state index contributed by atoms with van der Waals surface area (Å²) in [5.74, 6) is -0.712. The topological polar surface area (TPSA) is 123 Å². The average Bonchev–Trinajstić information content (AvgIpc) is 2.66. The van der Waals surface area contributed by atoms with Crippen LogP contribution in [-0.4, -0.2) is 48.1 Å². The number of aromatic hydroxyl groups is 2. The van der Waals surface area contributed by atoms with Crippen LogP contribution in [-0.2, 0) is 9.53 Å². The molecule has 29 heavy (non-hydrogen) atoms. The van der Waals surface area contributed by atoms with Crippen LogP contribution >= 0.6 is 0 Å². The minimum Gasteiger partial charge on any atom is -0.508 e. The highest BCUT2D eigenvalue weighted by Gasteiger charge is 2.16. The summed E-state index contributed by atoms with van der Waals surface area (Å²) in [5, 5.41) is 27.0. The maximum Gasteiger partial charge on any atom is 0.342 e. The largest absolute Gasteiger partial charge is 0.508 e. The zero-order chi connectivity index (χ0) is 22.0. The van der Waals surface area contributed by atoms with Crippen molar-refractivity contribution in [3.8, 4) is 23.0 Å². The van der Waals surface area contributed by atoms with Gasteiger partial charge in [-0.1, -0.05) is 6.07 Å². The fourth-order valence-corrected chi connectivity index (χ4v) is 2.34. The monoisotopic (exact) mass is 404 g/mol. The number of rotatable bonds is 6. The summed E-state index contributed by atoms with van der Waals surface area (Å²) in [5.41, 5.74) is 1.33. The summed E-state index contributed by atoms with van der Waals surface area (Å²) in [6.07, 6.45) is 2.56. The lowest BCUT2D eigenvalue weighted by atomic mass is 10.1. The molecule has 0 aromatic heterocycles. The third-order valence-electron chi connectivity index (χ3n) is 3.60. The van der Waals surface area contributed by atoms with Crippen molar-refractivity contribution in [3.05, 3.63) is 53.1 Å². The zero-order valence-corrected chi connectivity index (χ0v) is 16.6. The Hall–Kier alpha value is -3.68. The second-order valence-corrected chi connectivity index (χ2v) is 5.66. The number of phenols is 2. The molecule has 8 heteroatoms. The summed E-state index contributed by atoms with van der Waals surface area (Å²) in [4.78, 5) is 21.6. The Morgan fingerprint density at radius 1 is 1.03 bits per heavy atom. The van der Waals surface area contributed by atoms with Crippen molar-refractivity contribution >= 4 is 18.0 Å². The van der Waals surface area contributed by atoms with Gasteiger partial charge >= 0.3 is 11.9 Å². The van der Waals surface area contributed by atoms with Crippen LogP contribution in [0, 0.1) is 6.92 Å². The van der Waals surface area contributed by atoms with Crippen molar-refractivity contribution in [2.24, 2.45) is 0 Å². The molecule has 0 radical (unpaired) electrons. The van der Waals surface area contributed by atoms with E-state index >= 15 is 0 Å². The van der Waals surface area contributed by atoms with Crippen LogP contribution in [0.1, 0.15) is 28.4 Å². The van der Waals surface area contributed by atoms with E-state index in [0.717, 1.165) is 17.7 Å². The molecule has 0 saturated heterocycles. The molecule has 2 aromatic rings. The number of ether oxygens (including phenoxy) is 3. The first kappa shape index (κ1) is 23.4. The van der Waals surface area contributed by atoms with Gasteiger partial charge in [-0.3, -0.25) is 0 Å². The predicted molar refractivity (Wildman–Crippen MR) is 107 cm³/mol. The number of phenolic OH excluding ortho intramolecular Hbond substituents is 2. The molecule has 2 rings (SSSR count). The Morgan fingerprint density at radius 3 is 2.21 bits per heavy atom. The molecule has 8 nitrogen and oxygen atoms in total. The summed E-state index contributed by atoms with van der Waals surface area (Å²) < 4.78 is 14.9. The van der Waals surface area contributed by atoms with Gasteiger partial charge in [-0.2, -0.15) is 0 Å². The van der Waals surface area contributed by atoms with Crippen molar-refractivity contribution < 1.29 is 39.1 Å². The van der Waals surface area contributed by atoms with Gasteiger partial charge in [-0.05, 0) is 49.2 Å². The van der Waals surface area contributed by atoms with Crippen LogP contribution in [0.3, 0.4) is 0 Å². The van der Waals surface area contributed by atoms with Gasteiger partial charge in [-0.25, -0.2) is 9.59 Å². The van der Waals surface area contributed by atoms with Crippen LogP contribution in [0.15, 0.2) is 36.4 Å². The smallest absolute Gasteiger partial charge is 0.342 e. The molecule has 3 N–H and O–H groups in total. The van der Waals surface area contributed by atoms with Crippen molar-refractivity contribution in [1.82, 2.24) is 0 Å². The number of methoxy groups -OCH3 is 2. The van der Waals surface area contributed by atoms with Crippen LogP contribution in [0.25, 0.3) is 6.08 Å². The number of carboxylic acid groups (broad SMARTS) is 1. The lowest BCUT2D eigenvalue weighted by Crippen LogP contribution is -2.06. The fourth-order valence-electron chi connectivity index (χ4n) is 2.34. The number of esters is 1. The maximum absolute atomic E-state index is 11.3. The first-order valence-electron chi connectivity index (χ1n) is 8.56. The van der Waals surface area contributed by atoms with E-state index in [1.807, 2.05) is 0 Å². The van der Waals surface area contributed by atoms with Gasteiger partial charge in [0.1, 0.15) is 17.1 Å². The lowest BCUT2D eigenvalue weighted by molar-refractivity contribution is -0.131. The summed E-state index contributed by atoms with van der Waals surface area (Å²) in [6.45, 7) is 3.55. The Balaban J connectivity index is 0.000000291. The number of hydrogen-bond acceptors (Lipinski definition) is 7. The van der Waals surface area contributed by atoms with E-state index in [4.69, 9.17) is 24.4 Å². The molecule has 0 spiro atoms. The van der Waals surface area contributed by atoms with Crippen LogP contribution in [0.5, 0.6) is 23.0 Å². The molecule has 0 aliphatic heterocycles. The van der Waals surface area contributed by atoms with Gasteiger partial charge < -0.3 is 29.5 Å². The van der Waals surface area contributed by atoms with Gasteiger partial charge in [0.15, 0.2) is 11.5 Å². The molecule has 0 aliphatic carbocycles. The quantitative estimate of drug-likeness (QED) is 0.495. The van der Waals surface area contributed by atoms with E-state index in [9.17, 15) is 14.7 Å². The van der Waals surface area contributed by atoms with E-state index in [0.29, 0.717) is 17.1 Å². The number of hydrogen-bond donors (Lipinski definition) is 3. The fraction of sp³-hybridized carbons (Fsp3) is 0.238. The van der Waals surface area contributed by atoms with Gasteiger partial charge in [0.2, 0.25) is 0 Å². The standard InChI is InChI=1S/C11H12O4.C10H12O4/c1-14-9-5-3-8(4-6-11(12)13)7-10(9)15-2;1-3-14-10(13)9-6(2)4-7(11)5-8(9)12/h3-7H,1-2H3,(H,12,13);4-5,11-12H,3H2,1-2H3. The molecular weight excluding hydrogens is 380 g/mol. The van der Waals surface area contributed by atoms with Crippen molar-refractivity contribution in [3.63, 3.8) is 0 Å². The first-order chi connectivity index (χ1) is 13.7. The second kappa shape index (κ2) is 11.2. The van der Waals surface area contributed by atoms with Gasteiger partial charge in [0, 0.05) is 12.1 Å². The lowest BCUT2D eigenvalue weighted by Gasteiger charge is -2.07. The number of carbonyl (C=O) groups is 2. The van der Waals surface area contributed by atoms with E-state index < -0.39 is 11.9 Å². The Kier molecular flexibility index (Phi) is 9.04. The number of carbonyl (C=O) groups excluding carboxylic acids is 1. The third kappa shape index (κ3) is 7.10. The summed E-state index contributed by atoms with van der Waals surface area (Å²) in [6, 6.07) is 7.69. The summed E-state index contributed by atoms with van der Waals surface area (Å²) >= 11 is 0. The number of carboxylic acids is 1. The Morgan fingerprint density at radius 2 is 1.69 bits per heavy atom. The molecule has 2 aromatic carbocycles. The highest BCUT2D eigenvalue weighted by atomic mass is 16.5. The molecule has 0 heterocycles. The normalized spacial score (nSPS) is 10.1. The van der Waals surface area contributed by atoms with E-state index in [2.05, 4.69) is 0 Å². The van der Waals surface area contributed by atoms with E-state index in [-0.39, 0.29) is 23.7 Å². The molecule has 0 amide bonds. The van der Waals surface area contributed by atoms with Crippen LogP contribution in [0.2, 0.25) is 0 Å². The van der Waals surface area contributed by atoms with Gasteiger partial charge in [-0.15, -0.1) is 0 Å². The van der Waals surface area contributed by atoms with E-state index in [1.54, 1.807) is 39.2 Å². The SMILES string of the molecule is CCOC(=O)c1c(C)cc(O)cc1O.COc1ccc(C=CC(=O)O)cc1OC. The van der Waals surface area contributed by atoms with Gasteiger partial charge in [0.25, 0.3) is 0 Å². The van der Waals surface area contributed by atoms with Gasteiger partial charge in [0.05, 0.1) is 20.8 Å². The molecule has 156 valence electrons. The second-order valence-electron chi connectivity index (χ2n) is 5.66. The maximum atomic E-state index is 11.3. The highest BCUT2D eigenvalue weighted by molar-refractivity contribution is 5.94. The van der Waals surface area contributed by atoms with Crippen molar-refractivity contribution in [2.75, 3.05) is 20.8 Å². The Bertz CT molecular complexity index is 863. The molecule has 0 unspecified atom stereocenters. The molecule has 0 saturated carbocycles. The number of aryl methyl sites for hydroxylation is 1. The zero-order valence-electron chi connectivity index (χ0n) is 16.6. The van der Waals surface area contributed by atoms with Crippen molar-refractivity contribution in [1.29, 1.82) is 0 Å². The minimum atomic E-state index is -0.982. The Labute approximate surface area is 168 Å². The molecule has 0 aliphatic rings. The third-order valence-corrected chi connectivity index (χ3v) is 3.60. The molecule has 0 atom stereocenters. The number of aliphatic carboxylic acids is 1. The predicted octanol–water partition coefficient (Wildman–Crippen LogP) is 3.38. The highest BCUT2D eigenvalue weighted by Crippen LogP contribution is 2.28. The summed E-state index contributed by atoms with van der Waals surface area (Å²) in [7, 11) is 3.08.